The second-order valence-corrected chi connectivity index (χ2v) is 7.01. The lowest BCUT2D eigenvalue weighted by Crippen LogP contribution is -2.32. The Kier molecular flexibility index (Phi) is 4.70. The summed E-state index contributed by atoms with van der Waals surface area (Å²) in [6.07, 6.45) is 5.60. The molecule has 3 heterocycles. The van der Waals surface area contributed by atoms with Crippen LogP contribution in [0, 0.1) is 12.8 Å². The van der Waals surface area contributed by atoms with Crippen LogP contribution in [0.15, 0.2) is 28.7 Å². The molecule has 1 fully saturated rings. The first-order chi connectivity index (χ1) is 13.1. The fourth-order valence-corrected chi connectivity index (χ4v) is 3.46. The van der Waals surface area contributed by atoms with Gasteiger partial charge in [-0.3, -0.25) is 0 Å². The van der Waals surface area contributed by atoms with E-state index in [9.17, 15) is 4.79 Å². The van der Waals surface area contributed by atoms with Gasteiger partial charge in [0.2, 0.25) is 5.82 Å². The van der Waals surface area contributed by atoms with Gasteiger partial charge in [-0.25, -0.2) is 9.78 Å². The smallest absolute Gasteiger partial charge is 0.412 e. The van der Waals surface area contributed by atoms with Crippen LogP contribution in [0.25, 0.3) is 17.2 Å². The van der Waals surface area contributed by atoms with Crippen molar-refractivity contribution in [3.05, 3.63) is 30.0 Å². The number of carbonyl (C=O) groups excluding carboxylic acids is 1. The third kappa shape index (κ3) is 3.89. The van der Waals surface area contributed by atoms with E-state index in [2.05, 4.69) is 15.4 Å². The number of rotatable bonds is 4. The molecule has 1 aliphatic carbocycles. The van der Waals surface area contributed by atoms with Gasteiger partial charge in [0.15, 0.2) is 11.4 Å². The molecule has 8 nitrogen and oxygen atoms in total. The van der Waals surface area contributed by atoms with E-state index in [1.54, 1.807) is 18.2 Å². The highest BCUT2D eigenvalue weighted by Gasteiger charge is 2.16. The maximum atomic E-state index is 12.1. The van der Waals surface area contributed by atoms with Crippen LogP contribution in [0.4, 0.5) is 10.6 Å². The van der Waals surface area contributed by atoms with Gasteiger partial charge in [-0.05, 0) is 37.8 Å². The molecule has 3 aromatic rings. The molecule has 4 rings (SSSR count). The van der Waals surface area contributed by atoms with Gasteiger partial charge >= 0.3 is 6.09 Å². The number of furan rings is 1. The molecule has 1 amide bonds. The van der Waals surface area contributed by atoms with Crippen LogP contribution in [0.5, 0.6) is 5.75 Å². The molecule has 0 saturated heterocycles. The van der Waals surface area contributed by atoms with Gasteiger partial charge in [-0.15, -0.1) is 5.10 Å². The Labute approximate surface area is 156 Å². The van der Waals surface area contributed by atoms with E-state index in [0.29, 0.717) is 41.3 Å². The third-order valence-corrected chi connectivity index (χ3v) is 4.87. The number of fused-ring (bicyclic) bond motifs is 1. The van der Waals surface area contributed by atoms with Crippen molar-refractivity contribution >= 4 is 17.6 Å². The van der Waals surface area contributed by atoms with Crippen molar-refractivity contribution in [1.29, 1.82) is 0 Å². The molecule has 1 saturated carbocycles. The predicted octanol–water partition coefficient (Wildman–Crippen LogP) is 3.55. The largest absolute Gasteiger partial charge is 0.458 e. The van der Waals surface area contributed by atoms with Gasteiger partial charge in [0.05, 0.1) is 0 Å². The molecule has 0 spiro atoms. The highest BCUT2D eigenvalue weighted by Crippen LogP contribution is 2.24. The molecule has 3 aromatic heterocycles. The summed E-state index contributed by atoms with van der Waals surface area (Å²) in [6.45, 7) is 2.50. The summed E-state index contributed by atoms with van der Waals surface area (Å²) < 4.78 is 12.4. The minimum absolute atomic E-state index is 0.324. The highest BCUT2D eigenvalue weighted by molar-refractivity contribution is 5.71. The van der Waals surface area contributed by atoms with Crippen LogP contribution in [-0.2, 0) is 0 Å². The lowest BCUT2D eigenvalue weighted by molar-refractivity contribution is 0.196. The Morgan fingerprint density at radius 1 is 1.33 bits per heavy atom. The van der Waals surface area contributed by atoms with Crippen molar-refractivity contribution in [3.63, 3.8) is 0 Å². The number of anilines is 1. The van der Waals surface area contributed by atoms with Gasteiger partial charge in [-0.1, -0.05) is 19.3 Å². The number of aromatic nitrogens is 3. The number of nitrogen functional groups attached to an aromatic ring is 1. The molecule has 8 heteroatoms. The summed E-state index contributed by atoms with van der Waals surface area (Å²) in [4.78, 5) is 16.5. The van der Waals surface area contributed by atoms with Crippen molar-refractivity contribution in [1.82, 2.24) is 19.9 Å². The first-order valence-electron chi connectivity index (χ1n) is 9.27. The molecule has 0 atom stereocenters. The Hall–Kier alpha value is -3.03. The summed E-state index contributed by atoms with van der Waals surface area (Å²) in [6, 6.07) is 6.83. The summed E-state index contributed by atoms with van der Waals surface area (Å²) >= 11 is 0. The predicted molar refractivity (Wildman–Crippen MR) is 100 cm³/mol. The molecule has 3 N–H and O–H groups in total. The summed E-state index contributed by atoms with van der Waals surface area (Å²) in [5.41, 5.74) is 6.52. The van der Waals surface area contributed by atoms with Crippen LogP contribution in [-0.4, -0.2) is 27.2 Å². The SMILES string of the molecule is Cc1ccc(-c2nc3cc(OC(=O)NCC4CCCCC4)cc(N)n3n2)o1. The number of pyridine rings is 1. The molecule has 0 radical (unpaired) electrons. The summed E-state index contributed by atoms with van der Waals surface area (Å²) in [5, 5.41) is 7.19. The zero-order valence-corrected chi connectivity index (χ0v) is 15.3. The van der Waals surface area contributed by atoms with E-state index < -0.39 is 6.09 Å². The van der Waals surface area contributed by atoms with E-state index in [-0.39, 0.29) is 0 Å². The Morgan fingerprint density at radius 2 is 2.15 bits per heavy atom. The number of aryl methyl sites for hydroxylation is 1. The topological polar surface area (TPSA) is 108 Å². The van der Waals surface area contributed by atoms with Gasteiger partial charge in [0.25, 0.3) is 0 Å². The van der Waals surface area contributed by atoms with Crippen LogP contribution < -0.4 is 15.8 Å². The number of nitrogens with two attached hydrogens (primary N) is 1. The molecule has 27 heavy (non-hydrogen) atoms. The minimum atomic E-state index is -0.481. The van der Waals surface area contributed by atoms with E-state index in [1.165, 1.54) is 23.8 Å². The van der Waals surface area contributed by atoms with E-state index in [4.69, 9.17) is 14.9 Å². The quantitative estimate of drug-likeness (QED) is 0.728. The lowest BCUT2D eigenvalue weighted by atomic mass is 9.89. The average Bonchev–Trinajstić information content (AvgIpc) is 3.27. The maximum absolute atomic E-state index is 12.1. The molecule has 0 aromatic carbocycles. The second kappa shape index (κ2) is 7.30. The number of hydrogen-bond donors (Lipinski definition) is 2. The van der Waals surface area contributed by atoms with Crippen LogP contribution in [0.3, 0.4) is 0 Å². The number of ether oxygens (including phenoxy) is 1. The lowest BCUT2D eigenvalue weighted by Gasteiger charge is -2.21. The zero-order chi connectivity index (χ0) is 18.8. The summed E-state index contributed by atoms with van der Waals surface area (Å²) in [7, 11) is 0. The fraction of sp³-hybridized carbons (Fsp3) is 0.421. The van der Waals surface area contributed by atoms with Crippen molar-refractivity contribution < 1.29 is 13.9 Å². The Bertz CT molecular complexity index is 956. The van der Waals surface area contributed by atoms with Crippen LogP contribution in [0.1, 0.15) is 37.9 Å². The van der Waals surface area contributed by atoms with Crippen molar-refractivity contribution in [2.75, 3.05) is 12.3 Å². The molecule has 1 aliphatic rings. The number of amides is 1. The molecule has 0 bridgehead atoms. The number of nitrogens with zero attached hydrogens (tertiary/aromatic N) is 3. The average molecular weight is 369 g/mol. The van der Waals surface area contributed by atoms with Gasteiger partial charge < -0.3 is 20.2 Å². The molecular weight excluding hydrogens is 346 g/mol. The van der Waals surface area contributed by atoms with Crippen LogP contribution >= 0.6 is 0 Å². The first kappa shape index (κ1) is 17.4. The highest BCUT2D eigenvalue weighted by atomic mass is 16.6. The Morgan fingerprint density at radius 3 is 2.89 bits per heavy atom. The first-order valence-corrected chi connectivity index (χ1v) is 9.27. The van der Waals surface area contributed by atoms with E-state index in [0.717, 1.165) is 18.6 Å². The standard InChI is InChI=1S/C19H23N5O3/c1-12-7-8-15(26-12)18-22-17-10-14(9-16(20)24(17)23-18)27-19(25)21-11-13-5-3-2-4-6-13/h7-10,13H,2-6,11,20H2,1H3,(H,21,25). The van der Waals surface area contributed by atoms with Crippen LogP contribution in [0.2, 0.25) is 0 Å². The zero-order valence-electron chi connectivity index (χ0n) is 15.3. The third-order valence-electron chi connectivity index (χ3n) is 4.87. The minimum Gasteiger partial charge on any atom is -0.458 e. The molecule has 142 valence electrons. The van der Waals surface area contributed by atoms with E-state index >= 15 is 0 Å². The van der Waals surface area contributed by atoms with Crippen molar-refractivity contribution in [2.24, 2.45) is 5.92 Å². The van der Waals surface area contributed by atoms with Gasteiger partial charge in [-0.2, -0.15) is 4.52 Å². The summed E-state index contributed by atoms with van der Waals surface area (Å²) in [5.74, 6) is 2.95. The van der Waals surface area contributed by atoms with Gasteiger partial charge in [0, 0.05) is 18.7 Å². The molecule has 0 unspecified atom stereocenters. The monoisotopic (exact) mass is 369 g/mol. The van der Waals surface area contributed by atoms with Crippen molar-refractivity contribution in [2.45, 2.75) is 39.0 Å². The normalized spacial score (nSPS) is 15.1. The van der Waals surface area contributed by atoms with Gasteiger partial charge in [0.1, 0.15) is 17.3 Å². The molecular formula is C19H23N5O3. The van der Waals surface area contributed by atoms with Crippen molar-refractivity contribution in [3.8, 4) is 17.3 Å². The maximum Gasteiger partial charge on any atom is 0.412 e. The number of carbonyl (C=O) groups is 1. The molecule has 0 aliphatic heterocycles. The second-order valence-electron chi connectivity index (χ2n) is 7.01. The fourth-order valence-electron chi connectivity index (χ4n) is 3.46. The number of hydrogen-bond acceptors (Lipinski definition) is 6. The number of nitrogens with one attached hydrogen (secondary N) is 1. The van der Waals surface area contributed by atoms with E-state index in [1.807, 2.05) is 13.0 Å². The Balaban J connectivity index is 1.46.